The Bertz CT molecular complexity index is 1090. The second kappa shape index (κ2) is 7.94. The molecule has 0 aliphatic heterocycles. The van der Waals surface area contributed by atoms with Crippen molar-refractivity contribution in [3.63, 3.8) is 0 Å². The number of benzene rings is 1. The van der Waals surface area contributed by atoms with E-state index in [4.69, 9.17) is 9.15 Å². The van der Waals surface area contributed by atoms with Gasteiger partial charge in [-0.1, -0.05) is 0 Å². The van der Waals surface area contributed by atoms with Crippen molar-refractivity contribution in [1.82, 2.24) is 15.3 Å². The van der Waals surface area contributed by atoms with Crippen molar-refractivity contribution >= 4 is 17.1 Å². The maximum absolute atomic E-state index is 13.6. The minimum absolute atomic E-state index is 0.0950. The lowest BCUT2D eigenvalue weighted by Crippen LogP contribution is -2.36. The van der Waals surface area contributed by atoms with Crippen LogP contribution < -0.4 is 10.9 Å². The number of pyridine rings is 1. The highest BCUT2D eigenvalue weighted by Crippen LogP contribution is 2.20. The summed E-state index contributed by atoms with van der Waals surface area (Å²) in [5.74, 6) is -1.70. The Kier molecular flexibility index (Phi) is 5.58. The lowest BCUT2D eigenvalue weighted by molar-refractivity contribution is 0.0494. The Morgan fingerprint density at radius 1 is 1.24 bits per heavy atom. The van der Waals surface area contributed by atoms with E-state index in [0.717, 1.165) is 18.2 Å². The number of hydrogen-bond donors (Lipinski definition) is 1. The van der Waals surface area contributed by atoms with Gasteiger partial charge in [0.25, 0.3) is 0 Å². The summed E-state index contributed by atoms with van der Waals surface area (Å²) in [6, 6.07) is 5.01. The van der Waals surface area contributed by atoms with Crippen molar-refractivity contribution in [2.75, 3.05) is 0 Å². The largest absolute Gasteiger partial charge is 0.444 e. The van der Waals surface area contributed by atoms with Gasteiger partial charge < -0.3 is 14.5 Å². The monoisotopic (exact) mass is 403 g/mol. The van der Waals surface area contributed by atoms with E-state index in [-0.39, 0.29) is 28.9 Å². The molecule has 0 saturated carbocycles. The summed E-state index contributed by atoms with van der Waals surface area (Å²) in [7, 11) is 0. The van der Waals surface area contributed by atoms with Gasteiger partial charge in [0, 0.05) is 18.7 Å². The van der Waals surface area contributed by atoms with Crippen molar-refractivity contribution in [3.8, 4) is 0 Å². The van der Waals surface area contributed by atoms with Crippen LogP contribution in [-0.4, -0.2) is 21.7 Å². The molecule has 0 radical (unpaired) electrons. The Morgan fingerprint density at radius 3 is 2.59 bits per heavy atom. The van der Waals surface area contributed by atoms with Crippen LogP contribution in [0.2, 0.25) is 0 Å². The fourth-order valence-electron chi connectivity index (χ4n) is 2.69. The van der Waals surface area contributed by atoms with Gasteiger partial charge in [-0.15, -0.1) is 0 Å². The number of fused-ring (bicyclic) bond motifs is 1. The van der Waals surface area contributed by atoms with Crippen molar-refractivity contribution in [1.29, 1.82) is 0 Å². The van der Waals surface area contributed by atoms with Gasteiger partial charge in [-0.2, -0.15) is 4.98 Å². The average molecular weight is 403 g/mol. The zero-order valence-corrected chi connectivity index (χ0v) is 16.0. The summed E-state index contributed by atoms with van der Waals surface area (Å²) in [4.78, 5) is 32.8. The Hall–Kier alpha value is -3.36. The first-order valence-electron chi connectivity index (χ1n) is 8.81. The molecule has 3 aromatic rings. The number of carbonyl (C=O) groups is 1. The van der Waals surface area contributed by atoms with E-state index in [2.05, 4.69) is 15.3 Å². The standard InChI is InChI=1S/C20H19F2N3O4/c1-20(2,3)29-19(27)24-15(9-11-7-12(21)10-13(22)8-11)17-25-16-14(18(26)28-17)5-4-6-23-16/h4-8,10,15H,9H2,1-3H3,(H,24,27)/t15-/m0/s1. The minimum Gasteiger partial charge on any atom is -0.444 e. The zero-order valence-electron chi connectivity index (χ0n) is 16.0. The number of alkyl carbamates (subject to hydrolysis) is 1. The molecule has 0 unspecified atom stereocenters. The molecule has 0 fully saturated rings. The normalized spacial score (nSPS) is 12.6. The second-order valence-corrected chi connectivity index (χ2v) is 7.39. The number of amides is 1. The van der Waals surface area contributed by atoms with Gasteiger partial charge in [-0.3, -0.25) is 0 Å². The number of carbonyl (C=O) groups excluding carboxylic acids is 1. The van der Waals surface area contributed by atoms with E-state index >= 15 is 0 Å². The van der Waals surface area contributed by atoms with Crippen LogP contribution in [-0.2, 0) is 11.2 Å². The average Bonchev–Trinajstić information content (AvgIpc) is 2.58. The van der Waals surface area contributed by atoms with E-state index in [1.54, 1.807) is 26.8 Å². The molecule has 0 saturated heterocycles. The molecule has 2 aromatic heterocycles. The summed E-state index contributed by atoms with van der Waals surface area (Å²) >= 11 is 0. The quantitative estimate of drug-likeness (QED) is 0.714. The van der Waals surface area contributed by atoms with Crippen molar-refractivity contribution < 1.29 is 22.7 Å². The molecule has 1 aromatic carbocycles. The van der Waals surface area contributed by atoms with Crippen LogP contribution in [0.25, 0.3) is 11.0 Å². The van der Waals surface area contributed by atoms with Crippen LogP contribution in [0, 0.1) is 11.6 Å². The zero-order chi connectivity index (χ0) is 21.2. The molecule has 7 nitrogen and oxygen atoms in total. The van der Waals surface area contributed by atoms with Crippen molar-refractivity contribution in [2.24, 2.45) is 0 Å². The highest BCUT2D eigenvalue weighted by molar-refractivity contribution is 5.72. The molecule has 1 N–H and O–H groups in total. The molecular formula is C20H19F2N3O4. The van der Waals surface area contributed by atoms with Gasteiger partial charge in [0.05, 0.1) is 0 Å². The van der Waals surface area contributed by atoms with Crippen LogP contribution in [0.3, 0.4) is 0 Å². The van der Waals surface area contributed by atoms with Crippen molar-refractivity contribution in [3.05, 3.63) is 70.0 Å². The third-order valence-electron chi connectivity index (χ3n) is 3.77. The van der Waals surface area contributed by atoms with E-state index < -0.39 is 35.0 Å². The van der Waals surface area contributed by atoms with Crippen molar-refractivity contribution in [2.45, 2.75) is 38.8 Å². The molecule has 152 valence electrons. The molecule has 0 spiro atoms. The molecule has 29 heavy (non-hydrogen) atoms. The van der Waals surface area contributed by atoms with Gasteiger partial charge in [-0.05, 0) is 50.6 Å². The van der Waals surface area contributed by atoms with Gasteiger partial charge in [0.2, 0.25) is 5.89 Å². The Labute approximate surface area is 164 Å². The third kappa shape index (κ3) is 5.34. The number of nitrogens with zero attached hydrogens (tertiary/aromatic N) is 2. The van der Waals surface area contributed by atoms with Crippen LogP contribution in [0.4, 0.5) is 13.6 Å². The summed E-state index contributed by atoms with van der Waals surface area (Å²) in [5.41, 5.74) is -1.12. The summed E-state index contributed by atoms with van der Waals surface area (Å²) in [6.45, 7) is 5.05. The fourth-order valence-corrected chi connectivity index (χ4v) is 2.69. The summed E-state index contributed by atoms with van der Waals surface area (Å²) in [5, 5.41) is 2.71. The molecule has 1 amide bonds. The Balaban J connectivity index is 2.00. The first kappa shape index (κ1) is 20.4. The van der Waals surface area contributed by atoms with Gasteiger partial charge in [0.15, 0.2) is 5.65 Å². The summed E-state index contributed by atoms with van der Waals surface area (Å²) < 4.78 is 37.7. The number of rotatable bonds is 4. The maximum atomic E-state index is 13.6. The third-order valence-corrected chi connectivity index (χ3v) is 3.77. The molecule has 3 rings (SSSR count). The second-order valence-electron chi connectivity index (χ2n) is 7.39. The molecule has 0 aliphatic rings. The molecule has 2 heterocycles. The van der Waals surface area contributed by atoms with Crippen LogP contribution in [0.5, 0.6) is 0 Å². The SMILES string of the molecule is CC(C)(C)OC(=O)N[C@@H](Cc1cc(F)cc(F)c1)c1nc2ncccc2c(=O)o1. The molecular weight excluding hydrogens is 384 g/mol. The van der Waals surface area contributed by atoms with E-state index in [1.165, 1.54) is 12.3 Å². The maximum Gasteiger partial charge on any atom is 0.408 e. The lowest BCUT2D eigenvalue weighted by Gasteiger charge is -2.23. The number of aromatic nitrogens is 2. The molecule has 0 aliphatic carbocycles. The number of ether oxygens (including phenoxy) is 1. The van der Waals surface area contributed by atoms with Crippen LogP contribution in [0.1, 0.15) is 38.3 Å². The summed E-state index contributed by atoms with van der Waals surface area (Å²) in [6.07, 6.45) is 0.559. The minimum atomic E-state index is -1.02. The first-order chi connectivity index (χ1) is 13.6. The van der Waals surface area contributed by atoms with Gasteiger partial charge in [-0.25, -0.2) is 23.4 Å². The van der Waals surface area contributed by atoms with Crippen LogP contribution >= 0.6 is 0 Å². The van der Waals surface area contributed by atoms with Gasteiger partial charge in [0.1, 0.15) is 28.7 Å². The molecule has 1 atom stereocenters. The fraction of sp³-hybridized carbons (Fsp3) is 0.300. The predicted octanol–water partition coefficient (Wildman–Crippen LogP) is 3.67. The smallest absolute Gasteiger partial charge is 0.408 e. The van der Waals surface area contributed by atoms with Gasteiger partial charge >= 0.3 is 11.7 Å². The van der Waals surface area contributed by atoms with E-state index in [0.29, 0.717) is 0 Å². The predicted molar refractivity (Wildman–Crippen MR) is 100 cm³/mol. The first-order valence-corrected chi connectivity index (χ1v) is 8.81. The number of nitrogens with one attached hydrogen (secondary N) is 1. The lowest BCUT2D eigenvalue weighted by atomic mass is 10.1. The molecule has 0 bridgehead atoms. The Morgan fingerprint density at radius 2 is 1.93 bits per heavy atom. The molecule has 9 heteroatoms. The highest BCUT2D eigenvalue weighted by Gasteiger charge is 2.25. The highest BCUT2D eigenvalue weighted by atomic mass is 19.1. The number of hydrogen-bond acceptors (Lipinski definition) is 6. The topological polar surface area (TPSA) is 94.3 Å². The van der Waals surface area contributed by atoms with E-state index in [9.17, 15) is 18.4 Å². The number of halogens is 2. The van der Waals surface area contributed by atoms with E-state index in [1.807, 2.05) is 0 Å². The van der Waals surface area contributed by atoms with Crippen LogP contribution in [0.15, 0.2) is 45.7 Å².